The van der Waals surface area contributed by atoms with Crippen molar-refractivity contribution in [2.75, 3.05) is 11.3 Å². The maximum Gasteiger partial charge on any atom is 0.273 e. The van der Waals surface area contributed by atoms with Crippen LogP contribution in [0.15, 0.2) is 63.9 Å². The molecule has 0 radical (unpaired) electrons. The highest BCUT2D eigenvalue weighted by Gasteiger charge is 2.17. The fourth-order valence-electron chi connectivity index (χ4n) is 2.93. The van der Waals surface area contributed by atoms with Gasteiger partial charge in [-0.1, -0.05) is 6.07 Å². The minimum atomic E-state index is -3.87. The van der Waals surface area contributed by atoms with Gasteiger partial charge in [0, 0.05) is 11.3 Å². The second-order valence-electron chi connectivity index (χ2n) is 6.83. The van der Waals surface area contributed by atoms with Gasteiger partial charge in [0.1, 0.15) is 17.3 Å². The molecule has 1 aromatic heterocycles. The van der Waals surface area contributed by atoms with Gasteiger partial charge in [0.05, 0.1) is 17.1 Å². The first-order chi connectivity index (χ1) is 15.2. The molecule has 9 nitrogen and oxygen atoms in total. The number of carbonyl (C=O) groups is 2. The van der Waals surface area contributed by atoms with Gasteiger partial charge in [-0.25, -0.2) is 8.42 Å². The molecule has 0 bridgehead atoms. The Labute approximate surface area is 185 Å². The molecule has 32 heavy (non-hydrogen) atoms. The predicted octanol–water partition coefficient (Wildman–Crippen LogP) is 3.17. The number of rotatable bonds is 7. The minimum Gasteiger partial charge on any atom is -0.494 e. The normalized spacial score (nSPS) is 11.0. The van der Waals surface area contributed by atoms with E-state index >= 15 is 0 Å². The van der Waals surface area contributed by atoms with Crippen LogP contribution in [0, 0.1) is 13.8 Å². The van der Waals surface area contributed by atoms with E-state index in [0.29, 0.717) is 29.4 Å². The van der Waals surface area contributed by atoms with Gasteiger partial charge >= 0.3 is 0 Å². The van der Waals surface area contributed by atoms with E-state index in [1.165, 1.54) is 36.4 Å². The summed E-state index contributed by atoms with van der Waals surface area (Å²) < 4.78 is 38.3. The standard InChI is InChI=1S/C22H23N3O6S/c1-4-30-18-8-10-19(11-9-18)32(28,29)25-17-7-5-6-16(13-17)21(26)23-24-22(27)20-12-14(2)31-15(20)3/h5-13,25H,4H2,1-3H3,(H,23,26)(H,24,27). The lowest BCUT2D eigenvalue weighted by Crippen LogP contribution is -2.41. The molecular weight excluding hydrogens is 434 g/mol. The number of anilines is 1. The van der Waals surface area contributed by atoms with E-state index in [0.717, 1.165) is 0 Å². The first-order valence-electron chi connectivity index (χ1n) is 9.73. The molecule has 0 saturated heterocycles. The van der Waals surface area contributed by atoms with E-state index in [1.807, 2.05) is 6.92 Å². The van der Waals surface area contributed by atoms with Gasteiger partial charge in [0.15, 0.2) is 0 Å². The van der Waals surface area contributed by atoms with Crippen LogP contribution in [0.2, 0.25) is 0 Å². The van der Waals surface area contributed by atoms with E-state index in [2.05, 4.69) is 15.6 Å². The van der Waals surface area contributed by atoms with Gasteiger partial charge in [0.2, 0.25) is 0 Å². The molecule has 0 unspecified atom stereocenters. The van der Waals surface area contributed by atoms with E-state index < -0.39 is 21.8 Å². The molecular formula is C22H23N3O6S. The summed E-state index contributed by atoms with van der Waals surface area (Å²) in [5.41, 5.74) is 5.26. The molecule has 1 heterocycles. The molecule has 3 rings (SSSR count). The van der Waals surface area contributed by atoms with Gasteiger partial charge in [0.25, 0.3) is 21.8 Å². The number of carbonyl (C=O) groups excluding carboxylic acids is 2. The van der Waals surface area contributed by atoms with Crippen LogP contribution in [0.3, 0.4) is 0 Å². The molecule has 2 aromatic carbocycles. The third kappa shape index (κ3) is 5.46. The lowest BCUT2D eigenvalue weighted by atomic mass is 10.2. The van der Waals surface area contributed by atoms with Crippen molar-refractivity contribution in [3.05, 3.63) is 77.2 Å². The van der Waals surface area contributed by atoms with Crippen LogP contribution >= 0.6 is 0 Å². The summed E-state index contributed by atoms with van der Waals surface area (Å²) >= 11 is 0. The SMILES string of the molecule is CCOc1ccc(S(=O)(=O)Nc2cccc(C(=O)NNC(=O)c3cc(C)oc3C)c2)cc1. The monoisotopic (exact) mass is 457 g/mol. The molecule has 0 fully saturated rings. The van der Waals surface area contributed by atoms with Gasteiger partial charge in [-0.05, 0) is 69.3 Å². The first-order valence-corrected chi connectivity index (χ1v) is 11.2. The summed E-state index contributed by atoms with van der Waals surface area (Å²) in [5.74, 6) is 0.428. The molecule has 0 aliphatic heterocycles. The third-order valence-corrected chi connectivity index (χ3v) is 5.79. The van der Waals surface area contributed by atoms with Crippen molar-refractivity contribution in [3.63, 3.8) is 0 Å². The Hall–Kier alpha value is -3.79. The molecule has 168 valence electrons. The quantitative estimate of drug-likeness (QED) is 0.468. The summed E-state index contributed by atoms with van der Waals surface area (Å²) in [6.45, 7) is 5.66. The van der Waals surface area contributed by atoms with Crippen LogP contribution in [-0.4, -0.2) is 26.8 Å². The molecule has 0 aliphatic carbocycles. The Morgan fingerprint density at radius 3 is 2.28 bits per heavy atom. The Morgan fingerprint density at radius 1 is 0.969 bits per heavy atom. The van der Waals surface area contributed by atoms with E-state index in [-0.39, 0.29) is 16.1 Å². The smallest absolute Gasteiger partial charge is 0.273 e. The number of benzene rings is 2. The van der Waals surface area contributed by atoms with E-state index in [4.69, 9.17) is 9.15 Å². The minimum absolute atomic E-state index is 0.0499. The topological polar surface area (TPSA) is 127 Å². The highest BCUT2D eigenvalue weighted by atomic mass is 32.2. The average Bonchev–Trinajstić information content (AvgIpc) is 3.10. The number of hydrogen-bond acceptors (Lipinski definition) is 6. The van der Waals surface area contributed by atoms with E-state index in [1.54, 1.807) is 32.0 Å². The number of furan rings is 1. The molecule has 3 N–H and O–H groups in total. The number of hydrogen-bond donors (Lipinski definition) is 3. The zero-order chi connectivity index (χ0) is 23.3. The maximum absolute atomic E-state index is 12.6. The molecule has 0 atom stereocenters. The van der Waals surface area contributed by atoms with Crippen molar-refractivity contribution in [2.45, 2.75) is 25.7 Å². The van der Waals surface area contributed by atoms with Crippen LogP contribution in [0.4, 0.5) is 5.69 Å². The lowest BCUT2D eigenvalue weighted by Gasteiger charge is -2.11. The predicted molar refractivity (Wildman–Crippen MR) is 118 cm³/mol. The van der Waals surface area contributed by atoms with Crippen LogP contribution in [0.5, 0.6) is 5.75 Å². The number of aryl methyl sites for hydroxylation is 2. The number of hydrazine groups is 1. The largest absolute Gasteiger partial charge is 0.494 e. The third-order valence-electron chi connectivity index (χ3n) is 4.40. The average molecular weight is 458 g/mol. The van der Waals surface area contributed by atoms with Crippen LogP contribution in [0.25, 0.3) is 0 Å². The number of amides is 2. The molecule has 0 saturated carbocycles. The summed E-state index contributed by atoms with van der Waals surface area (Å²) in [5, 5.41) is 0. The Morgan fingerprint density at radius 2 is 1.66 bits per heavy atom. The van der Waals surface area contributed by atoms with Gasteiger partial charge < -0.3 is 9.15 Å². The number of sulfonamides is 1. The Balaban J connectivity index is 1.67. The summed E-state index contributed by atoms with van der Waals surface area (Å²) in [6, 6.07) is 13.4. The second kappa shape index (κ2) is 9.56. The van der Waals surface area contributed by atoms with Crippen molar-refractivity contribution >= 4 is 27.5 Å². The number of nitrogens with one attached hydrogen (secondary N) is 3. The van der Waals surface area contributed by atoms with Gasteiger partial charge in [-0.3, -0.25) is 25.2 Å². The van der Waals surface area contributed by atoms with Crippen LogP contribution in [-0.2, 0) is 10.0 Å². The fourth-order valence-corrected chi connectivity index (χ4v) is 3.98. The molecule has 10 heteroatoms. The summed E-state index contributed by atoms with van der Waals surface area (Å²) in [7, 11) is -3.87. The highest BCUT2D eigenvalue weighted by molar-refractivity contribution is 7.92. The van der Waals surface area contributed by atoms with Crippen LogP contribution < -0.4 is 20.3 Å². The van der Waals surface area contributed by atoms with Crippen molar-refractivity contribution in [2.24, 2.45) is 0 Å². The summed E-state index contributed by atoms with van der Waals surface area (Å²) in [6.07, 6.45) is 0. The molecule has 3 aromatic rings. The first kappa shape index (κ1) is 22.9. The van der Waals surface area contributed by atoms with E-state index in [9.17, 15) is 18.0 Å². The number of ether oxygens (including phenoxy) is 1. The Kier molecular flexibility index (Phi) is 6.84. The molecule has 0 spiro atoms. The van der Waals surface area contributed by atoms with Crippen LogP contribution in [0.1, 0.15) is 39.2 Å². The van der Waals surface area contributed by atoms with Crippen molar-refractivity contribution < 1.29 is 27.2 Å². The van der Waals surface area contributed by atoms with Crippen molar-refractivity contribution in [3.8, 4) is 5.75 Å². The Bertz CT molecular complexity index is 1230. The van der Waals surface area contributed by atoms with Gasteiger partial charge in [-0.2, -0.15) is 0 Å². The van der Waals surface area contributed by atoms with Crippen molar-refractivity contribution in [1.29, 1.82) is 0 Å². The lowest BCUT2D eigenvalue weighted by molar-refractivity contribution is 0.0845. The highest BCUT2D eigenvalue weighted by Crippen LogP contribution is 2.20. The second-order valence-corrected chi connectivity index (χ2v) is 8.51. The molecule has 2 amide bonds. The zero-order valence-corrected chi connectivity index (χ0v) is 18.6. The van der Waals surface area contributed by atoms with Gasteiger partial charge in [-0.15, -0.1) is 0 Å². The fraction of sp³-hybridized carbons (Fsp3) is 0.182. The summed E-state index contributed by atoms with van der Waals surface area (Å²) in [4.78, 5) is 24.7. The molecule has 0 aliphatic rings. The zero-order valence-electron chi connectivity index (χ0n) is 17.8. The maximum atomic E-state index is 12.6. The van der Waals surface area contributed by atoms with Crippen molar-refractivity contribution in [1.82, 2.24) is 10.9 Å².